The van der Waals surface area contributed by atoms with Crippen molar-refractivity contribution in [3.05, 3.63) is 41.7 Å². The topological polar surface area (TPSA) is 62.6 Å². The van der Waals surface area contributed by atoms with Gasteiger partial charge in [-0.2, -0.15) is 5.10 Å². The number of aryl methyl sites for hydroxylation is 2. The number of aliphatic hydroxyl groups is 1. The lowest BCUT2D eigenvalue weighted by molar-refractivity contribution is -0.0219. The van der Waals surface area contributed by atoms with E-state index in [1.165, 1.54) is 16.7 Å². The molecule has 1 atom stereocenters. The summed E-state index contributed by atoms with van der Waals surface area (Å²) in [5.41, 5.74) is 3.99. The number of aromatic nitrogens is 2. The molecule has 0 aliphatic carbocycles. The Morgan fingerprint density at radius 2 is 2.08 bits per heavy atom. The van der Waals surface area contributed by atoms with Gasteiger partial charge in [-0.3, -0.25) is 9.58 Å². The van der Waals surface area contributed by atoms with Crippen molar-refractivity contribution in [3.8, 4) is 11.1 Å². The Morgan fingerprint density at radius 1 is 1.31 bits per heavy atom. The fourth-order valence-corrected chi connectivity index (χ4v) is 3.44. The molecule has 2 heterocycles. The minimum Gasteiger partial charge on any atom is -0.388 e. The summed E-state index contributed by atoms with van der Waals surface area (Å²) in [6, 6.07) is 6.48. The van der Waals surface area contributed by atoms with Crippen LogP contribution in [0.25, 0.3) is 11.1 Å². The predicted molar refractivity (Wildman–Crippen MR) is 103 cm³/mol. The number of benzene rings is 1. The van der Waals surface area contributed by atoms with Crippen molar-refractivity contribution in [1.82, 2.24) is 20.0 Å². The molecule has 1 unspecified atom stereocenters. The average molecular weight is 358 g/mol. The quantitative estimate of drug-likeness (QED) is 0.787. The van der Waals surface area contributed by atoms with Crippen LogP contribution >= 0.6 is 0 Å². The summed E-state index contributed by atoms with van der Waals surface area (Å²) < 4.78 is 7.20. The van der Waals surface area contributed by atoms with Crippen LogP contribution in [0.3, 0.4) is 0 Å². The Hall–Kier alpha value is -1.73. The summed E-state index contributed by atoms with van der Waals surface area (Å²) >= 11 is 0. The molecule has 1 aliphatic rings. The van der Waals surface area contributed by atoms with Gasteiger partial charge >= 0.3 is 0 Å². The van der Waals surface area contributed by atoms with Crippen LogP contribution < -0.4 is 5.32 Å². The molecule has 1 saturated heterocycles. The number of rotatable bonds is 7. The highest BCUT2D eigenvalue weighted by Gasteiger charge is 2.25. The van der Waals surface area contributed by atoms with Gasteiger partial charge in [0.1, 0.15) is 0 Å². The standard InChI is InChI=1S/C20H30N4O2/c1-16-4-5-17(19(10-16)18-12-22-23(3)13-18)11-21-14-20(2,25)15-24-6-8-26-9-7-24/h4-5,10,12-13,21,25H,6-9,11,14-15H2,1-3H3. The second-order valence-electron chi connectivity index (χ2n) is 7.55. The summed E-state index contributed by atoms with van der Waals surface area (Å²) in [6.45, 7) is 9.19. The summed E-state index contributed by atoms with van der Waals surface area (Å²) in [6.07, 6.45) is 3.93. The summed E-state index contributed by atoms with van der Waals surface area (Å²) in [5, 5.41) is 18.4. The zero-order valence-electron chi connectivity index (χ0n) is 16.0. The predicted octanol–water partition coefficient (Wildman–Crippen LogP) is 1.57. The van der Waals surface area contributed by atoms with Gasteiger partial charge in [-0.1, -0.05) is 23.8 Å². The number of nitrogens with zero attached hydrogens (tertiary/aromatic N) is 3. The van der Waals surface area contributed by atoms with Crippen LogP contribution in [0.2, 0.25) is 0 Å². The first-order valence-electron chi connectivity index (χ1n) is 9.25. The molecule has 2 aromatic rings. The van der Waals surface area contributed by atoms with Crippen LogP contribution in [0.4, 0.5) is 0 Å². The first-order chi connectivity index (χ1) is 12.4. The van der Waals surface area contributed by atoms with Crippen molar-refractivity contribution in [3.63, 3.8) is 0 Å². The Labute approximate surface area is 155 Å². The van der Waals surface area contributed by atoms with E-state index >= 15 is 0 Å². The van der Waals surface area contributed by atoms with Gasteiger partial charge in [0.2, 0.25) is 0 Å². The van der Waals surface area contributed by atoms with E-state index in [-0.39, 0.29) is 0 Å². The van der Waals surface area contributed by atoms with E-state index in [9.17, 15) is 5.11 Å². The van der Waals surface area contributed by atoms with Gasteiger partial charge in [0.15, 0.2) is 0 Å². The Kier molecular flexibility index (Phi) is 6.09. The molecule has 6 nitrogen and oxygen atoms in total. The molecule has 1 aromatic heterocycles. The highest BCUT2D eigenvalue weighted by Crippen LogP contribution is 2.24. The molecule has 0 amide bonds. The summed E-state index contributed by atoms with van der Waals surface area (Å²) in [5.74, 6) is 0. The minimum absolute atomic E-state index is 0.546. The van der Waals surface area contributed by atoms with Crippen LogP contribution in [0.5, 0.6) is 0 Å². The van der Waals surface area contributed by atoms with E-state index in [4.69, 9.17) is 4.74 Å². The highest BCUT2D eigenvalue weighted by molar-refractivity contribution is 5.66. The zero-order valence-corrected chi connectivity index (χ0v) is 16.0. The number of β-amino-alcohol motifs (C(OH)–C–C–N with tert-alkyl or cyclic N) is 1. The van der Waals surface area contributed by atoms with E-state index in [0.717, 1.165) is 31.9 Å². The zero-order chi connectivity index (χ0) is 18.6. The third-order valence-corrected chi connectivity index (χ3v) is 4.77. The van der Waals surface area contributed by atoms with Crippen molar-refractivity contribution < 1.29 is 9.84 Å². The normalized spacial score (nSPS) is 18.0. The van der Waals surface area contributed by atoms with E-state index < -0.39 is 5.60 Å². The highest BCUT2D eigenvalue weighted by atomic mass is 16.5. The molecular formula is C20H30N4O2. The van der Waals surface area contributed by atoms with Crippen LogP contribution in [0.1, 0.15) is 18.1 Å². The summed E-state index contributed by atoms with van der Waals surface area (Å²) in [4.78, 5) is 2.26. The molecular weight excluding hydrogens is 328 g/mol. The van der Waals surface area contributed by atoms with Crippen molar-refractivity contribution in [1.29, 1.82) is 0 Å². The van der Waals surface area contributed by atoms with Crippen LogP contribution in [0, 0.1) is 6.92 Å². The molecule has 0 radical (unpaired) electrons. The average Bonchev–Trinajstić information content (AvgIpc) is 3.03. The molecule has 1 fully saturated rings. The van der Waals surface area contributed by atoms with Crippen LogP contribution in [-0.4, -0.2) is 64.8 Å². The van der Waals surface area contributed by atoms with Gasteiger partial charge in [-0.05, 0) is 25.0 Å². The third-order valence-electron chi connectivity index (χ3n) is 4.77. The minimum atomic E-state index is -0.767. The second-order valence-corrected chi connectivity index (χ2v) is 7.55. The smallest absolute Gasteiger partial charge is 0.0869 e. The van der Waals surface area contributed by atoms with Crippen molar-refractivity contribution >= 4 is 0 Å². The maximum absolute atomic E-state index is 10.7. The fourth-order valence-electron chi connectivity index (χ4n) is 3.44. The molecule has 2 N–H and O–H groups in total. The van der Waals surface area contributed by atoms with Gasteiger partial charge in [0.25, 0.3) is 0 Å². The maximum Gasteiger partial charge on any atom is 0.0869 e. The Balaban J connectivity index is 1.60. The van der Waals surface area contributed by atoms with Crippen molar-refractivity contribution in [2.75, 3.05) is 39.4 Å². The number of hydrogen-bond donors (Lipinski definition) is 2. The SMILES string of the molecule is Cc1ccc(CNCC(C)(O)CN2CCOCC2)c(-c2cnn(C)c2)c1. The molecule has 0 spiro atoms. The second kappa shape index (κ2) is 8.31. The Morgan fingerprint density at radius 3 is 2.77 bits per heavy atom. The molecule has 1 aromatic carbocycles. The molecule has 142 valence electrons. The number of hydrogen-bond acceptors (Lipinski definition) is 5. The molecule has 0 bridgehead atoms. The molecule has 6 heteroatoms. The molecule has 3 rings (SSSR count). The monoisotopic (exact) mass is 358 g/mol. The van der Waals surface area contributed by atoms with Crippen molar-refractivity contribution in [2.45, 2.75) is 26.0 Å². The number of ether oxygens (including phenoxy) is 1. The first-order valence-corrected chi connectivity index (χ1v) is 9.25. The number of morpholine rings is 1. The van der Waals surface area contributed by atoms with Gasteiger partial charge in [0.05, 0.1) is 25.0 Å². The van der Waals surface area contributed by atoms with Crippen LogP contribution in [-0.2, 0) is 18.3 Å². The van der Waals surface area contributed by atoms with E-state index in [1.54, 1.807) is 0 Å². The molecule has 0 saturated carbocycles. The van der Waals surface area contributed by atoms with Gasteiger partial charge < -0.3 is 15.2 Å². The van der Waals surface area contributed by atoms with Gasteiger partial charge in [-0.15, -0.1) is 0 Å². The van der Waals surface area contributed by atoms with Crippen molar-refractivity contribution in [2.24, 2.45) is 7.05 Å². The lowest BCUT2D eigenvalue weighted by atomic mass is 9.99. The van der Waals surface area contributed by atoms with Gasteiger partial charge in [0, 0.05) is 51.5 Å². The maximum atomic E-state index is 10.7. The van der Waals surface area contributed by atoms with Crippen LogP contribution in [0.15, 0.2) is 30.6 Å². The lowest BCUT2D eigenvalue weighted by Crippen LogP contribution is -2.50. The van der Waals surface area contributed by atoms with E-state index in [0.29, 0.717) is 19.6 Å². The first kappa shape index (κ1) is 19.0. The molecule has 26 heavy (non-hydrogen) atoms. The lowest BCUT2D eigenvalue weighted by Gasteiger charge is -2.34. The van der Waals surface area contributed by atoms with E-state index in [2.05, 4.69) is 40.4 Å². The number of nitrogens with one attached hydrogen (secondary N) is 1. The van der Waals surface area contributed by atoms with Gasteiger partial charge in [-0.25, -0.2) is 0 Å². The Bertz CT molecular complexity index is 720. The van der Waals surface area contributed by atoms with E-state index in [1.807, 2.05) is 31.0 Å². The largest absolute Gasteiger partial charge is 0.388 e. The fraction of sp³-hybridized carbons (Fsp3) is 0.550. The molecule has 1 aliphatic heterocycles. The third kappa shape index (κ3) is 5.14. The summed E-state index contributed by atoms with van der Waals surface area (Å²) in [7, 11) is 1.93.